The molecule has 0 aliphatic rings. The molecule has 0 saturated heterocycles. The van der Waals surface area contributed by atoms with Crippen molar-refractivity contribution in [2.24, 2.45) is 0 Å². The molecule has 0 unspecified atom stereocenters. The maximum atomic E-state index is 13.3. The van der Waals surface area contributed by atoms with E-state index in [1.165, 1.54) is 5.39 Å². The van der Waals surface area contributed by atoms with Gasteiger partial charge in [-0.1, -0.05) is 73.3 Å². The molecule has 2 heteroatoms. The quantitative estimate of drug-likeness (QED) is 0.137. The third-order valence-electron chi connectivity index (χ3n) is 5.72. The van der Waals surface area contributed by atoms with Gasteiger partial charge in [0, 0.05) is 11.0 Å². The van der Waals surface area contributed by atoms with Crippen LogP contribution in [0.3, 0.4) is 0 Å². The lowest BCUT2D eigenvalue weighted by molar-refractivity contribution is 0.103. The zero-order valence-electron chi connectivity index (χ0n) is 17.3. The van der Waals surface area contributed by atoms with Gasteiger partial charge < -0.3 is 0 Å². The van der Waals surface area contributed by atoms with Gasteiger partial charge in [0.05, 0.1) is 5.52 Å². The summed E-state index contributed by atoms with van der Waals surface area (Å²) in [7, 11) is 0. The number of hydrogen-bond donors (Lipinski definition) is 0. The van der Waals surface area contributed by atoms with Gasteiger partial charge in [0.15, 0.2) is 0 Å². The minimum absolute atomic E-state index is 0.127. The van der Waals surface area contributed by atoms with E-state index in [4.69, 9.17) is 0 Å². The van der Waals surface area contributed by atoms with Crippen LogP contribution in [0.5, 0.6) is 0 Å². The Bertz CT molecular complexity index is 1520. The number of aromatic nitrogens is 1. The number of ketones is 1. The average molecular weight is 399 g/mol. The Morgan fingerprint density at radius 3 is 2.06 bits per heavy atom. The minimum Gasteiger partial charge on any atom is -0.287 e. The molecular weight excluding hydrogens is 378 g/mol. The predicted octanol–water partition coefficient (Wildman–Crippen LogP) is 7.30. The van der Waals surface area contributed by atoms with Gasteiger partial charge in [-0.05, 0) is 69.9 Å². The molecule has 1 heterocycles. The van der Waals surface area contributed by atoms with Gasteiger partial charge in [0.2, 0.25) is 5.78 Å². The van der Waals surface area contributed by atoms with Crippen molar-refractivity contribution >= 4 is 44.3 Å². The largest absolute Gasteiger partial charge is 0.287 e. The highest BCUT2D eigenvalue weighted by molar-refractivity contribution is 6.13. The normalized spacial score (nSPS) is 11.8. The highest BCUT2D eigenvalue weighted by Crippen LogP contribution is 2.25. The molecule has 1 aromatic heterocycles. The number of allylic oxidation sites excluding steroid dienone is 2. The number of rotatable bonds is 4. The molecule has 0 bridgehead atoms. The van der Waals surface area contributed by atoms with Crippen LogP contribution in [0.1, 0.15) is 21.6 Å². The molecule has 0 aliphatic carbocycles. The van der Waals surface area contributed by atoms with Gasteiger partial charge in [0.25, 0.3) is 0 Å². The fourth-order valence-electron chi connectivity index (χ4n) is 4.00. The van der Waals surface area contributed by atoms with Crippen LogP contribution in [0.2, 0.25) is 0 Å². The number of hydrogen-bond acceptors (Lipinski definition) is 2. The molecule has 4 aromatic carbocycles. The Hall–Kier alpha value is -4.04. The summed E-state index contributed by atoms with van der Waals surface area (Å²) in [6.07, 6.45) is 3.52. The first-order chi connectivity index (χ1) is 15.1. The Morgan fingerprint density at radius 1 is 0.774 bits per heavy atom. The fraction of sp³-hybridized carbons (Fsp3) is 0.0345. The van der Waals surface area contributed by atoms with Crippen LogP contribution in [0.4, 0.5) is 0 Å². The van der Waals surface area contributed by atoms with Gasteiger partial charge in [-0.3, -0.25) is 4.79 Å². The van der Waals surface area contributed by atoms with Gasteiger partial charge in [-0.2, -0.15) is 0 Å². The summed E-state index contributed by atoms with van der Waals surface area (Å²) in [6, 6.07) is 28.6. The van der Waals surface area contributed by atoms with Crippen molar-refractivity contribution in [2.75, 3.05) is 0 Å². The summed E-state index contributed by atoms with van der Waals surface area (Å²) in [5, 5.41) is 5.62. The molecule has 0 saturated carbocycles. The predicted molar refractivity (Wildman–Crippen MR) is 130 cm³/mol. The third kappa shape index (κ3) is 3.53. The maximum absolute atomic E-state index is 13.3. The van der Waals surface area contributed by atoms with E-state index in [2.05, 4.69) is 61.0 Å². The van der Waals surface area contributed by atoms with E-state index in [9.17, 15) is 4.79 Å². The molecule has 148 valence electrons. The molecule has 2 nitrogen and oxygen atoms in total. The second-order valence-corrected chi connectivity index (χ2v) is 7.78. The lowest BCUT2D eigenvalue weighted by Gasteiger charge is -2.08. The van der Waals surface area contributed by atoms with Crippen LogP contribution < -0.4 is 0 Å². The Morgan fingerprint density at radius 2 is 1.39 bits per heavy atom. The van der Waals surface area contributed by atoms with E-state index in [0.717, 1.165) is 38.2 Å². The Balaban J connectivity index is 1.57. The molecule has 0 N–H and O–H groups in total. The average Bonchev–Trinajstić information content (AvgIpc) is 2.80. The number of carbonyl (C=O) groups is 1. The molecule has 0 radical (unpaired) electrons. The summed E-state index contributed by atoms with van der Waals surface area (Å²) in [5.74, 6) is -0.127. The van der Waals surface area contributed by atoms with E-state index in [-0.39, 0.29) is 5.78 Å². The molecule has 0 atom stereocenters. The van der Waals surface area contributed by atoms with Crippen molar-refractivity contribution in [3.05, 3.63) is 120 Å². The van der Waals surface area contributed by atoms with E-state index in [1.807, 2.05) is 42.5 Å². The van der Waals surface area contributed by atoms with E-state index < -0.39 is 0 Å². The first-order valence-corrected chi connectivity index (χ1v) is 10.3. The van der Waals surface area contributed by atoms with E-state index >= 15 is 0 Å². The molecule has 0 spiro atoms. The Kier molecular flexibility index (Phi) is 4.68. The number of nitrogens with zero attached hydrogens (tertiary/aromatic N) is 1. The van der Waals surface area contributed by atoms with Crippen LogP contribution in [0, 0.1) is 6.92 Å². The summed E-state index contributed by atoms with van der Waals surface area (Å²) in [4.78, 5) is 17.9. The van der Waals surface area contributed by atoms with E-state index in [0.29, 0.717) is 11.3 Å². The second kappa shape index (κ2) is 7.66. The molecule has 0 aliphatic heterocycles. The number of benzene rings is 4. The number of fused-ring (bicyclic) bond motifs is 3. The molecule has 5 aromatic rings. The van der Waals surface area contributed by atoms with Gasteiger partial charge >= 0.3 is 0 Å². The van der Waals surface area contributed by atoms with Gasteiger partial charge in [-0.15, -0.1) is 0 Å². The van der Waals surface area contributed by atoms with Crippen molar-refractivity contribution in [2.45, 2.75) is 6.92 Å². The first-order valence-electron chi connectivity index (χ1n) is 10.3. The van der Waals surface area contributed by atoms with Crippen LogP contribution in [-0.4, -0.2) is 10.8 Å². The number of aryl methyl sites for hydroxylation is 1. The molecule has 0 amide bonds. The molecular formula is C29H21NO. The van der Waals surface area contributed by atoms with Crippen LogP contribution in [0.25, 0.3) is 38.5 Å². The van der Waals surface area contributed by atoms with Gasteiger partial charge in [-0.25, -0.2) is 4.98 Å². The lowest BCUT2D eigenvalue weighted by Crippen LogP contribution is -2.04. The number of Topliss-reactive ketones (excluding diaryl/α,β-unsaturated/α-hetero) is 1. The molecule has 31 heavy (non-hydrogen) atoms. The highest BCUT2D eigenvalue weighted by atomic mass is 16.1. The lowest BCUT2D eigenvalue weighted by atomic mass is 9.98. The SMILES string of the molecule is C=C/C(=C\c1cc2ccccc2cc1C)C(=O)c1ccc2cc3ccccc3cc2n1. The maximum Gasteiger partial charge on any atom is 0.211 e. The number of carbonyl (C=O) groups excluding carboxylic acids is 1. The smallest absolute Gasteiger partial charge is 0.211 e. The minimum atomic E-state index is -0.127. The highest BCUT2D eigenvalue weighted by Gasteiger charge is 2.13. The second-order valence-electron chi connectivity index (χ2n) is 7.78. The topological polar surface area (TPSA) is 30.0 Å². The molecule has 0 fully saturated rings. The Labute approximate surface area is 181 Å². The summed E-state index contributed by atoms with van der Waals surface area (Å²) in [5.41, 5.74) is 3.89. The monoisotopic (exact) mass is 399 g/mol. The van der Waals surface area contributed by atoms with E-state index in [1.54, 1.807) is 12.1 Å². The van der Waals surface area contributed by atoms with Crippen LogP contribution in [0.15, 0.2) is 103 Å². The van der Waals surface area contributed by atoms with Crippen LogP contribution >= 0.6 is 0 Å². The van der Waals surface area contributed by atoms with Crippen molar-refractivity contribution in [3.8, 4) is 0 Å². The van der Waals surface area contributed by atoms with Crippen molar-refractivity contribution in [3.63, 3.8) is 0 Å². The summed E-state index contributed by atoms with van der Waals surface area (Å²) < 4.78 is 0. The third-order valence-corrected chi connectivity index (χ3v) is 5.72. The standard InChI is InChI=1S/C29H21NO/c1-3-20(15-26-17-23-10-5-4-8-21(23)14-19(26)2)29(31)27-13-12-25-16-22-9-6-7-11-24(22)18-28(25)30-27/h3-18H,1H2,2H3/b20-15+. The van der Waals surface area contributed by atoms with Crippen LogP contribution in [-0.2, 0) is 0 Å². The first kappa shape index (κ1) is 19.0. The van der Waals surface area contributed by atoms with Crippen molar-refractivity contribution in [1.29, 1.82) is 0 Å². The molecule has 5 rings (SSSR count). The number of pyridine rings is 1. The zero-order chi connectivity index (χ0) is 21.4. The zero-order valence-corrected chi connectivity index (χ0v) is 17.3. The van der Waals surface area contributed by atoms with Gasteiger partial charge in [0.1, 0.15) is 5.69 Å². The fourth-order valence-corrected chi connectivity index (χ4v) is 4.00. The van der Waals surface area contributed by atoms with Crippen molar-refractivity contribution < 1.29 is 4.79 Å². The summed E-state index contributed by atoms with van der Waals surface area (Å²) in [6.45, 7) is 5.94. The summed E-state index contributed by atoms with van der Waals surface area (Å²) >= 11 is 0. The van der Waals surface area contributed by atoms with Crippen molar-refractivity contribution in [1.82, 2.24) is 4.98 Å².